The summed E-state index contributed by atoms with van der Waals surface area (Å²) < 4.78 is 0. The van der Waals surface area contributed by atoms with Gasteiger partial charge < -0.3 is 10.6 Å². The lowest BCUT2D eigenvalue weighted by molar-refractivity contribution is -0.116. The Morgan fingerprint density at radius 2 is 1.63 bits per heavy atom. The molecule has 0 aliphatic rings. The van der Waals surface area contributed by atoms with Gasteiger partial charge in [0.05, 0.1) is 10.7 Å². The van der Waals surface area contributed by atoms with Gasteiger partial charge in [0.25, 0.3) is 0 Å². The third-order valence-corrected chi connectivity index (χ3v) is 4.91. The van der Waals surface area contributed by atoms with Gasteiger partial charge in [-0.15, -0.1) is 11.3 Å². The highest BCUT2D eigenvalue weighted by Gasteiger charge is 2.13. The van der Waals surface area contributed by atoms with Crippen LogP contribution < -0.4 is 10.6 Å². The molecule has 1 amide bonds. The summed E-state index contributed by atoms with van der Waals surface area (Å²) in [4.78, 5) is 28.2. The molecule has 1 atom stereocenters. The van der Waals surface area contributed by atoms with E-state index >= 15 is 0 Å². The van der Waals surface area contributed by atoms with Crippen molar-refractivity contribution >= 4 is 34.4 Å². The number of hydrogen-bond donors (Lipinski definition) is 2. The second kappa shape index (κ2) is 8.14. The minimum atomic E-state index is -0.412. The molecule has 27 heavy (non-hydrogen) atoms. The van der Waals surface area contributed by atoms with E-state index in [4.69, 9.17) is 0 Å². The fourth-order valence-electron chi connectivity index (χ4n) is 2.59. The number of carbonyl (C=O) groups is 2. The van der Waals surface area contributed by atoms with E-state index in [0.29, 0.717) is 11.3 Å². The Labute approximate surface area is 162 Å². The van der Waals surface area contributed by atoms with Gasteiger partial charge in [0.15, 0.2) is 5.78 Å². The van der Waals surface area contributed by atoms with Gasteiger partial charge in [0, 0.05) is 27.9 Å². The minimum Gasteiger partial charge on any atom is -0.374 e. The van der Waals surface area contributed by atoms with Gasteiger partial charge in [-0.1, -0.05) is 12.1 Å². The number of nitrogens with zero attached hydrogens (tertiary/aromatic N) is 1. The smallest absolute Gasteiger partial charge is 0.246 e. The zero-order chi connectivity index (χ0) is 19.4. The molecule has 1 aromatic heterocycles. The largest absolute Gasteiger partial charge is 0.374 e. The maximum absolute atomic E-state index is 12.4. The highest BCUT2D eigenvalue weighted by Crippen LogP contribution is 2.23. The number of ketones is 1. The van der Waals surface area contributed by atoms with E-state index in [1.165, 1.54) is 6.92 Å². The Morgan fingerprint density at radius 3 is 2.19 bits per heavy atom. The molecule has 138 valence electrons. The summed E-state index contributed by atoms with van der Waals surface area (Å²) in [5.41, 5.74) is 4.15. The molecule has 0 saturated heterocycles. The number of anilines is 2. The Hall–Kier alpha value is -2.99. The lowest BCUT2D eigenvalue weighted by atomic mass is 10.1. The molecule has 0 aliphatic carbocycles. The van der Waals surface area contributed by atoms with Crippen molar-refractivity contribution in [3.63, 3.8) is 0 Å². The van der Waals surface area contributed by atoms with Gasteiger partial charge in [-0.3, -0.25) is 9.59 Å². The van der Waals surface area contributed by atoms with Crippen LogP contribution in [-0.4, -0.2) is 22.7 Å². The predicted molar refractivity (Wildman–Crippen MR) is 110 cm³/mol. The average Bonchev–Trinajstić information content (AvgIpc) is 3.09. The first-order valence-corrected chi connectivity index (χ1v) is 9.51. The lowest BCUT2D eigenvalue weighted by Gasteiger charge is -2.15. The molecule has 3 aromatic rings. The molecule has 0 fully saturated rings. The summed E-state index contributed by atoms with van der Waals surface area (Å²) in [5.74, 6) is -0.149. The number of hydrogen-bond acceptors (Lipinski definition) is 5. The maximum atomic E-state index is 12.4. The van der Waals surface area contributed by atoms with Crippen LogP contribution in [0.2, 0.25) is 0 Å². The van der Waals surface area contributed by atoms with Crippen molar-refractivity contribution < 1.29 is 9.59 Å². The predicted octanol–water partition coefficient (Wildman–Crippen LogP) is 4.76. The Morgan fingerprint density at radius 1 is 1.00 bits per heavy atom. The van der Waals surface area contributed by atoms with E-state index in [9.17, 15) is 9.59 Å². The normalized spacial score (nSPS) is 11.7. The van der Waals surface area contributed by atoms with Crippen LogP contribution in [0.1, 0.15) is 29.2 Å². The highest BCUT2D eigenvalue weighted by molar-refractivity contribution is 7.09. The number of rotatable bonds is 6. The second-order valence-electron chi connectivity index (χ2n) is 6.32. The first-order valence-electron chi connectivity index (χ1n) is 8.63. The SMILES string of the molecule is CC(=O)c1ccc(NC(=O)[C@@H](C)Nc2ccc(-c3csc(C)n3)cc2)cc1. The van der Waals surface area contributed by atoms with Crippen LogP contribution in [-0.2, 0) is 4.79 Å². The fraction of sp³-hybridized carbons (Fsp3) is 0.190. The van der Waals surface area contributed by atoms with Gasteiger partial charge in [0.1, 0.15) is 6.04 Å². The van der Waals surface area contributed by atoms with Crippen LogP contribution in [0.4, 0.5) is 11.4 Å². The van der Waals surface area contributed by atoms with Crippen LogP contribution in [0.5, 0.6) is 0 Å². The van der Waals surface area contributed by atoms with Crippen LogP contribution >= 0.6 is 11.3 Å². The molecule has 0 bridgehead atoms. The van der Waals surface area contributed by atoms with Crippen molar-refractivity contribution in [2.75, 3.05) is 10.6 Å². The van der Waals surface area contributed by atoms with Gasteiger partial charge in [-0.25, -0.2) is 4.98 Å². The molecule has 0 spiro atoms. The van der Waals surface area contributed by atoms with Crippen molar-refractivity contribution in [2.45, 2.75) is 26.8 Å². The molecule has 3 rings (SSSR count). The van der Waals surface area contributed by atoms with Gasteiger partial charge in [0.2, 0.25) is 5.91 Å². The van der Waals surface area contributed by atoms with Crippen molar-refractivity contribution in [3.8, 4) is 11.3 Å². The van der Waals surface area contributed by atoms with Crippen LogP contribution in [0.25, 0.3) is 11.3 Å². The molecular weight excluding hydrogens is 358 g/mol. The summed E-state index contributed by atoms with van der Waals surface area (Å²) in [6.45, 7) is 5.30. The highest BCUT2D eigenvalue weighted by atomic mass is 32.1. The Kier molecular flexibility index (Phi) is 5.66. The second-order valence-corrected chi connectivity index (χ2v) is 7.38. The topological polar surface area (TPSA) is 71.1 Å². The molecule has 1 heterocycles. The number of Topliss-reactive ketones (excluding diaryl/α,β-unsaturated/α-hetero) is 1. The molecule has 5 nitrogen and oxygen atoms in total. The third kappa shape index (κ3) is 4.80. The first-order chi connectivity index (χ1) is 12.9. The standard InChI is InChI=1S/C21H21N3O2S/c1-13(21(26)24-19-8-4-16(5-9-19)14(2)25)22-18-10-6-17(7-11-18)20-12-27-15(3)23-20/h4-13,22H,1-3H3,(H,24,26)/t13-/m1/s1. The van der Waals surface area contributed by atoms with E-state index in [0.717, 1.165) is 22.0 Å². The Balaban J connectivity index is 1.59. The summed E-state index contributed by atoms with van der Waals surface area (Å²) in [6.07, 6.45) is 0. The molecule has 2 N–H and O–H groups in total. The number of nitrogens with one attached hydrogen (secondary N) is 2. The monoisotopic (exact) mass is 379 g/mol. The molecule has 2 aromatic carbocycles. The molecule has 0 unspecified atom stereocenters. The maximum Gasteiger partial charge on any atom is 0.246 e. The number of benzene rings is 2. The Bertz CT molecular complexity index is 946. The number of thiazole rings is 1. The summed E-state index contributed by atoms with van der Waals surface area (Å²) in [6, 6.07) is 14.3. The summed E-state index contributed by atoms with van der Waals surface area (Å²) in [5, 5.41) is 9.11. The van der Waals surface area contributed by atoms with Crippen molar-refractivity contribution in [1.82, 2.24) is 4.98 Å². The van der Waals surface area contributed by atoms with Crippen molar-refractivity contribution in [1.29, 1.82) is 0 Å². The average molecular weight is 379 g/mol. The van der Waals surface area contributed by atoms with E-state index in [2.05, 4.69) is 15.6 Å². The molecule has 0 saturated carbocycles. The first kappa shape index (κ1) is 18.8. The summed E-state index contributed by atoms with van der Waals surface area (Å²) in [7, 11) is 0. The van der Waals surface area contributed by atoms with E-state index < -0.39 is 6.04 Å². The zero-order valence-electron chi connectivity index (χ0n) is 15.4. The van der Waals surface area contributed by atoms with E-state index in [1.807, 2.05) is 36.6 Å². The number of aromatic nitrogens is 1. The molecule has 0 aliphatic heterocycles. The van der Waals surface area contributed by atoms with Gasteiger partial charge in [-0.05, 0) is 57.2 Å². The quantitative estimate of drug-likeness (QED) is 0.606. The van der Waals surface area contributed by atoms with E-state index in [-0.39, 0.29) is 11.7 Å². The number of carbonyl (C=O) groups excluding carboxylic acids is 2. The van der Waals surface area contributed by atoms with E-state index in [1.54, 1.807) is 42.5 Å². The van der Waals surface area contributed by atoms with Gasteiger partial charge in [-0.2, -0.15) is 0 Å². The number of amides is 1. The van der Waals surface area contributed by atoms with Crippen LogP contribution in [0.3, 0.4) is 0 Å². The fourth-order valence-corrected chi connectivity index (χ4v) is 3.21. The molecule has 0 radical (unpaired) electrons. The zero-order valence-corrected chi connectivity index (χ0v) is 16.3. The molecule has 6 heteroatoms. The van der Waals surface area contributed by atoms with Crippen LogP contribution in [0, 0.1) is 6.92 Å². The third-order valence-electron chi connectivity index (χ3n) is 4.14. The minimum absolute atomic E-state index is 0.000768. The lowest BCUT2D eigenvalue weighted by Crippen LogP contribution is -2.31. The summed E-state index contributed by atoms with van der Waals surface area (Å²) >= 11 is 1.62. The molecular formula is C21H21N3O2S. The van der Waals surface area contributed by atoms with Gasteiger partial charge >= 0.3 is 0 Å². The van der Waals surface area contributed by atoms with Crippen molar-refractivity contribution in [3.05, 3.63) is 64.5 Å². The van der Waals surface area contributed by atoms with Crippen molar-refractivity contribution in [2.24, 2.45) is 0 Å². The number of aryl methyl sites for hydroxylation is 1. The van der Waals surface area contributed by atoms with Crippen LogP contribution in [0.15, 0.2) is 53.9 Å².